The van der Waals surface area contributed by atoms with E-state index in [0.717, 1.165) is 17.2 Å². The van der Waals surface area contributed by atoms with Gasteiger partial charge in [-0.25, -0.2) is 8.42 Å². The zero-order chi connectivity index (χ0) is 20.0. The number of ether oxygens (including phenoxy) is 1. The molecule has 27 heavy (non-hydrogen) atoms. The first-order valence-electron chi connectivity index (χ1n) is 7.90. The molecule has 0 unspecified atom stereocenters. The van der Waals surface area contributed by atoms with Gasteiger partial charge >= 0.3 is 5.97 Å². The summed E-state index contributed by atoms with van der Waals surface area (Å²) in [5.74, 6) is -0.763. The van der Waals surface area contributed by atoms with Crippen molar-refractivity contribution in [3.8, 4) is 0 Å². The molecule has 0 aliphatic carbocycles. The van der Waals surface area contributed by atoms with Gasteiger partial charge in [-0.15, -0.1) is 0 Å². The minimum atomic E-state index is -4.11. The zero-order valence-electron chi connectivity index (χ0n) is 14.8. The molecule has 0 amide bonds. The van der Waals surface area contributed by atoms with Gasteiger partial charge in [-0.2, -0.15) is 4.72 Å². The van der Waals surface area contributed by atoms with E-state index >= 15 is 0 Å². The summed E-state index contributed by atoms with van der Waals surface area (Å²) in [6.45, 7) is 1.33. The summed E-state index contributed by atoms with van der Waals surface area (Å²) >= 11 is 0. The van der Waals surface area contributed by atoms with E-state index in [2.05, 4.69) is 10.0 Å². The molecular formula is C17H19N3O6S. The van der Waals surface area contributed by atoms with Crippen LogP contribution in [0.2, 0.25) is 0 Å². The molecular weight excluding hydrogens is 374 g/mol. The van der Waals surface area contributed by atoms with Gasteiger partial charge in [-0.3, -0.25) is 14.9 Å². The second kappa shape index (κ2) is 8.60. The van der Waals surface area contributed by atoms with Gasteiger partial charge < -0.3 is 10.1 Å². The maximum Gasteiger partial charge on any atom is 0.321 e. The van der Waals surface area contributed by atoms with Crippen LogP contribution in [-0.4, -0.2) is 32.9 Å². The molecule has 0 bridgehead atoms. The lowest BCUT2D eigenvalue weighted by atomic mass is 10.1. The summed E-state index contributed by atoms with van der Waals surface area (Å²) in [6, 6.07) is 10.8. The monoisotopic (exact) mass is 393 g/mol. The Kier molecular flexibility index (Phi) is 6.48. The number of rotatable bonds is 8. The van der Waals surface area contributed by atoms with Crippen molar-refractivity contribution in [2.45, 2.75) is 18.4 Å². The molecule has 144 valence electrons. The van der Waals surface area contributed by atoms with Crippen molar-refractivity contribution in [2.24, 2.45) is 0 Å². The van der Waals surface area contributed by atoms with Gasteiger partial charge in [-0.1, -0.05) is 29.8 Å². The highest BCUT2D eigenvalue weighted by atomic mass is 32.2. The van der Waals surface area contributed by atoms with E-state index in [0.29, 0.717) is 0 Å². The number of nitro benzene ring substituents is 1. The van der Waals surface area contributed by atoms with Gasteiger partial charge in [0.2, 0.25) is 10.0 Å². The third kappa shape index (κ3) is 5.50. The standard InChI is InChI=1S/C17H19N3O6S/c1-12-4-3-5-13(8-12)11-26-17(21)10-19-27(24,25)14-6-7-15(18-2)16(9-14)20(22)23/h3-9,18-19H,10-11H2,1-2H3. The summed E-state index contributed by atoms with van der Waals surface area (Å²) in [4.78, 5) is 21.8. The Bertz CT molecular complexity index is 959. The van der Waals surface area contributed by atoms with Gasteiger partial charge in [0.15, 0.2) is 0 Å². The number of hydrogen-bond acceptors (Lipinski definition) is 7. The van der Waals surface area contributed by atoms with E-state index in [4.69, 9.17) is 4.74 Å². The van der Waals surface area contributed by atoms with Crippen molar-refractivity contribution < 1.29 is 22.9 Å². The maximum atomic E-state index is 12.3. The normalized spacial score (nSPS) is 11.0. The van der Waals surface area contributed by atoms with Crippen LogP contribution in [0.25, 0.3) is 0 Å². The first kappa shape index (κ1) is 20.3. The molecule has 9 nitrogen and oxygen atoms in total. The van der Waals surface area contributed by atoms with Crippen LogP contribution in [0.4, 0.5) is 11.4 Å². The van der Waals surface area contributed by atoms with E-state index in [9.17, 15) is 23.3 Å². The van der Waals surface area contributed by atoms with Gasteiger partial charge in [0.1, 0.15) is 18.8 Å². The topological polar surface area (TPSA) is 128 Å². The van der Waals surface area contributed by atoms with Crippen LogP contribution in [0, 0.1) is 17.0 Å². The molecule has 0 aliphatic heterocycles. The van der Waals surface area contributed by atoms with Crippen LogP contribution in [0.15, 0.2) is 47.4 Å². The minimum absolute atomic E-state index is 0.0184. The van der Waals surface area contributed by atoms with Crippen LogP contribution in [-0.2, 0) is 26.2 Å². The molecule has 0 radical (unpaired) electrons. The van der Waals surface area contributed by atoms with Gasteiger partial charge in [-0.05, 0) is 24.6 Å². The number of hydrogen-bond donors (Lipinski definition) is 2. The van der Waals surface area contributed by atoms with Gasteiger partial charge in [0.25, 0.3) is 5.69 Å². The van der Waals surface area contributed by atoms with E-state index in [-0.39, 0.29) is 22.9 Å². The maximum absolute atomic E-state index is 12.3. The molecule has 0 saturated heterocycles. The predicted octanol–water partition coefficient (Wildman–Crippen LogP) is 1.97. The molecule has 0 aromatic heterocycles. The number of aryl methyl sites for hydroxylation is 1. The summed E-state index contributed by atoms with van der Waals surface area (Å²) in [6.07, 6.45) is 0. The molecule has 0 saturated carbocycles. The van der Waals surface area contributed by atoms with E-state index in [1.165, 1.54) is 19.2 Å². The molecule has 2 aromatic rings. The Morgan fingerprint density at radius 2 is 1.96 bits per heavy atom. The fourth-order valence-electron chi connectivity index (χ4n) is 2.30. The van der Waals surface area contributed by atoms with Crippen molar-refractivity contribution in [2.75, 3.05) is 18.9 Å². The second-order valence-corrected chi connectivity index (χ2v) is 7.43. The molecule has 0 fully saturated rings. The van der Waals surface area contributed by atoms with E-state index in [1.54, 1.807) is 6.07 Å². The lowest BCUT2D eigenvalue weighted by molar-refractivity contribution is -0.384. The summed E-state index contributed by atoms with van der Waals surface area (Å²) in [7, 11) is -2.62. The molecule has 0 atom stereocenters. The first-order chi connectivity index (χ1) is 12.7. The highest BCUT2D eigenvalue weighted by Crippen LogP contribution is 2.26. The van der Waals surface area contributed by atoms with Crippen LogP contribution >= 0.6 is 0 Å². The van der Waals surface area contributed by atoms with Crippen molar-refractivity contribution in [1.29, 1.82) is 0 Å². The Morgan fingerprint density at radius 1 is 1.22 bits per heavy atom. The Labute approximate surface area is 156 Å². The molecule has 2 N–H and O–H groups in total. The first-order valence-corrected chi connectivity index (χ1v) is 9.38. The number of nitrogens with zero attached hydrogens (tertiary/aromatic N) is 1. The molecule has 10 heteroatoms. The highest BCUT2D eigenvalue weighted by molar-refractivity contribution is 7.89. The number of carbonyl (C=O) groups is 1. The van der Waals surface area contributed by atoms with E-state index < -0.39 is 27.5 Å². The molecule has 2 rings (SSSR count). The number of esters is 1. The predicted molar refractivity (Wildman–Crippen MR) is 98.8 cm³/mol. The summed E-state index contributed by atoms with van der Waals surface area (Å²) in [5, 5.41) is 13.7. The molecule has 2 aromatic carbocycles. The smallest absolute Gasteiger partial charge is 0.321 e. The number of benzene rings is 2. The van der Waals surface area contributed by atoms with Gasteiger partial charge in [0.05, 0.1) is 9.82 Å². The zero-order valence-corrected chi connectivity index (χ0v) is 15.6. The summed E-state index contributed by atoms with van der Waals surface area (Å²) in [5.41, 5.74) is 1.58. The average molecular weight is 393 g/mol. The Hall–Kier alpha value is -2.98. The van der Waals surface area contributed by atoms with Crippen molar-refractivity contribution in [3.63, 3.8) is 0 Å². The third-order valence-electron chi connectivity index (χ3n) is 3.63. The molecule has 0 aliphatic rings. The van der Waals surface area contributed by atoms with Crippen LogP contribution < -0.4 is 10.0 Å². The second-order valence-electron chi connectivity index (χ2n) is 5.66. The van der Waals surface area contributed by atoms with Crippen LogP contribution in [0.1, 0.15) is 11.1 Å². The van der Waals surface area contributed by atoms with Crippen molar-refractivity contribution in [1.82, 2.24) is 4.72 Å². The number of anilines is 1. The van der Waals surface area contributed by atoms with Crippen LogP contribution in [0.3, 0.4) is 0 Å². The SMILES string of the molecule is CNc1ccc(S(=O)(=O)NCC(=O)OCc2cccc(C)c2)cc1[N+](=O)[O-]. The average Bonchev–Trinajstić information content (AvgIpc) is 2.64. The summed E-state index contributed by atoms with van der Waals surface area (Å²) < 4.78 is 31.6. The third-order valence-corrected chi connectivity index (χ3v) is 5.03. The lowest BCUT2D eigenvalue weighted by Gasteiger charge is -2.09. The molecule has 0 spiro atoms. The van der Waals surface area contributed by atoms with Crippen molar-refractivity contribution in [3.05, 3.63) is 63.7 Å². The highest BCUT2D eigenvalue weighted by Gasteiger charge is 2.21. The fourth-order valence-corrected chi connectivity index (χ4v) is 3.28. The lowest BCUT2D eigenvalue weighted by Crippen LogP contribution is -2.30. The van der Waals surface area contributed by atoms with Crippen molar-refractivity contribution >= 4 is 27.4 Å². The quantitative estimate of drug-likeness (QED) is 0.399. The minimum Gasteiger partial charge on any atom is -0.460 e. The van der Waals surface area contributed by atoms with Crippen LogP contribution in [0.5, 0.6) is 0 Å². The molecule has 0 heterocycles. The largest absolute Gasteiger partial charge is 0.460 e. The number of nitro groups is 1. The Balaban J connectivity index is 2.00. The number of sulfonamides is 1. The van der Waals surface area contributed by atoms with Gasteiger partial charge in [0, 0.05) is 13.1 Å². The fraction of sp³-hybridized carbons (Fsp3) is 0.235. The van der Waals surface area contributed by atoms with E-state index in [1.807, 2.05) is 25.1 Å². The Morgan fingerprint density at radius 3 is 2.59 bits per heavy atom. The number of carbonyl (C=O) groups excluding carboxylic acids is 1. The number of nitrogens with one attached hydrogen (secondary N) is 2.